The van der Waals surface area contributed by atoms with Gasteiger partial charge in [0.2, 0.25) is 5.95 Å². The molecule has 12 heteroatoms. The Morgan fingerprint density at radius 1 is 1.17 bits per heavy atom. The number of carbonyl (C=O) groups is 1. The molecule has 2 aromatic carbocycles. The van der Waals surface area contributed by atoms with Crippen LogP contribution in [0.15, 0.2) is 48.8 Å². The molecule has 2 aliphatic heterocycles. The molecule has 2 saturated heterocycles. The van der Waals surface area contributed by atoms with E-state index in [4.69, 9.17) is 9.72 Å². The van der Waals surface area contributed by atoms with Crippen LogP contribution < -0.4 is 9.75 Å². The number of amides is 1. The first-order valence-corrected chi connectivity index (χ1v) is 14.1. The van der Waals surface area contributed by atoms with Crippen LogP contribution in [-0.4, -0.2) is 105 Å². The average Bonchev–Trinajstić information content (AvgIpc) is 3.00. The largest absolute Gasteiger partial charge is 0.487 e. The minimum absolute atomic E-state index is 0.157. The number of aryl methyl sites for hydroxylation is 1. The zero-order chi connectivity index (χ0) is 29.8. The number of benzene rings is 2. The van der Waals surface area contributed by atoms with E-state index in [1.54, 1.807) is 12.1 Å². The summed E-state index contributed by atoms with van der Waals surface area (Å²) in [6.07, 6.45) is -1.69. The van der Waals surface area contributed by atoms with Crippen molar-refractivity contribution < 1.29 is 19.0 Å². The average molecular weight is 575 g/mol. The van der Waals surface area contributed by atoms with Crippen LogP contribution in [-0.2, 0) is 4.79 Å². The number of aromatic nitrogens is 3. The maximum atomic E-state index is 15.0. The van der Waals surface area contributed by atoms with Crippen LogP contribution in [0, 0.1) is 18.3 Å². The van der Waals surface area contributed by atoms with Gasteiger partial charge in [-0.25, -0.2) is 19.4 Å². The number of nitriles is 1. The first kappa shape index (κ1) is 29.3. The minimum Gasteiger partial charge on any atom is -0.487 e. The Bertz CT molecular complexity index is 1440. The van der Waals surface area contributed by atoms with Crippen LogP contribution in [0.1, 0.15) is 24.5 Å². The number of piperidine rings is 1. The van der Waals surface area contributed by atoms with Gasteiger partial charge < -0.3 is 19.6 Å². The number of carbonyl (C=O) groups excluding carboxylic acids is 1. The number of anilines is 2. The molecule has 1 N–H and O–H groups in total. The van der Waals surface area contributed by atoms with E-state index in [9.17, 15) is 19.6 Å². The Balaban J connectivity index is 1.41. The third kappa shape index (κ3) is 6.33. The highest BCUT2D eigenvalue weighted by Gasteiger charge is 2.34. The molecule has 0 saturated carbocycles. The number of piperazine rings is 1. The number of halogens is 1. The molecule has 0 bridgehead atoms. The highest BCUT2D eigenvalue weighted by atomic mass is 19.1. The molecule has 3 atom stereocenters. The number of likely N-dealkylation sites (N-methyl/N-ethyl adjacent to an activating group) is 1. The standard InChI is InChI=1S/C30H35FN8O3/c1-20-15-24(22(17-32)16-27(20)42-26-9-10-37(18-25(26)31)29(41)21(2)40)28-33-19-34-30(35-28)39(23-7-5-4-6-8-23)38-13-11-36(3)12-14-38/h4-8,15-16,19,21,25-26,40H,9-14,18H2,1-3H3/t21-,25-,26-/m0/s1. The van der Waals surface area contributed by atoms with Crippen molar-refractivity contribution in [1.29, 1.82) is 5.26 Å². The number of hydrogen-bond donors (Lipinski definition) is 1. The van der Waals surface area contributed by atoms with E-state index >= 15 is 0 Å². The smallest absolute Gasteiger partial charge is 0.251 e. The molecule has 2 fully saturated rings. The molecule has 42 heavy (non-hydrogen) atoms. The minimum atomic E-state index is -1.43. The van der Waals surface area contributed by atoms with E-state index in [2.05, 4.69) is 33.0 Å². The van der Waals surface area contributed by atoms with E-state index in [0.717, 1.165) is 31.9 Å². The molecule has 5 rings (SSSR count). The quantitative estimate of drug-likeness (QED) is 0.451. The van der Waals surface area contributed by atoms with Gasteiger partial charge >= 0.3 is 0 Å². The van der Waals surface area contributed by atoms with Crippen LogP contribution in [0.25, 0.3) is 11.4 Å². The number of aliphatic hydroxyl groups excluding tert-OH is 1. The van der Waals surface area contributed by atoms with Gasteiger partial charge in [-0.1, -0.05) is 18.2 Å². The first-order chi connectivity index (χ1) is 20.2. The van der Waals surface area contributed by atoms with Crippen LogP contribution in [0.4, 0.5) is 16.0 Å². The summed E-state index contributed by atoms with van der Waals surface area (Å²) in [7, 11) is 2.10. The molecule has 2 aliphatic rings. The van der Waals surface area contributed by atoms with Gasteiger partial charge in [0.25, 0.3) is 5.91 Å². The summed E-state index contributed by atoms with van der Waals surface area (Å²) in [5, 5.41) is 23.8. The number of nitrogens with zero attached hydrogens (tertiary/aromatic N) is 8. The van der Waals surface area contributed by atoms with Gasteiger partial charge in [0, 0.05) is 44.7 Å². The SMILES string of the molecule is Cc1cc(-c2ncnc(N(c3ccccc3)N3CCN(C)CC3)n2)c(C#N)cc1O[C@H]1CCN(C(=O)[C@H](C)O)C[C@@H]1F. The van der Waals surface area contributed by atoms with Crippen molar-refractivity contribution in [3.63, 3.8) is 0 Å². The highest BCUT2D eigenvalue weighted by Crippen LogP contribution is 2.32. The fraction of sp³-hybridized carbons (Fsp3) is 0.433. The summed E-state index contributed by atoms with van der Waals surface area (Å²) in [5.41, 5.74) is 2.42. The van der Waals surface area contributed by atoms with Crippen molar-refractivity contribution in [2.24, 2.45) is 0 Å². The summed E-state index contributed by atoms with van der Waals surface area (Å²) < 4.78 is 21.0. The number of para-hydroxylation sites is 1. The molecular weight excluding hydrogens is 539 g/mol. The Kier molecular flexibility index (Phi) is 8.91. The molecule has 220 valence electrons. The third-order valence-electron chi connectivity index (χ3n) is 7.62. The van der Waals surface area contributed by atoms with E-state index in [0.29, 0.717) is 28.6 Å². The van der Waals surface area contributed by atoms with Gasteiger partial charge in [0.05, 0.1) is 17.8 Å². The van der Waals surface area contributed by atoms with Crippen molar-refractivity contribution in [2.75, 3.05) is 51.3 Å². The number of rotatable bonds is 7. The molecule has 0 unspecified atom stereocenters. The van der Waals surface area contributed by atoms with Crippen molar-refractivity contribution in [3.05, 3.63) is 59.9 Å². The lowest BCUT2D eigenvalue weighted by Crippen LogP contribution is -2.51. The van der Waals surface area contributed by atoms with Crippen LogP contribution >= 0.6 is 0 Å². The Labute approximate surface area is 244 Å². The fourth-order valence-electron chi connectivity index (χ4n) is 5.23. The van der Waals surface area contributed by atoms with Crippen molar-refractivity contribution in [1.82, 2.24) is 29.8 Å². The zero-order valence-corrected chi connectivity index (χ0v) is 24.0. The molecule has 1 amide bonds. The number of hydrogen-bond acceptors (Lipinski definition) is 10. The summed E-state index contributed by atoms with van der Waals surface area (Å²) in [6, 6.07) is 15.5. The number of aliphatic hydroxyl groups is 1. The Morgan fingerprint density at radius 3 is 2.57 bits per heavy atom. The maximum absolute atomic E-state index is 15.0. The molecular formula is C30H35FN8O3. The van der Waals surface area contributed by atoms with Gasteiger partial charge in [-0.2, -0.15) is 15.2 Å². The number of likely N-dealkylation sites (tertiary alicyclic amines) is 1. The molecule has 0 spiro atoms. The normalized spacial score (nSPS) is 20.5. The van der Waals surface area contributed by atoms with E-state index in [1.807, 2.05) is 42.3 Å². The number of hydrazine groups is 1. The van der Waals surface area contributed by atoms with Crippen molar-refractivity contribution >= 4 is 17.5 Å². The molecule has 3 aromatic rings. The molecule has 0 aliphatic carbocycles. The summed E-state index contributed by atoms with van der Waals surface area (Å²) in [4.78, 5) is 29.4. The van der Waals surface area contributed by atoms with Gasteiger partial charge in [0.15, 0.2) is 12.0 Å². The lowest BCUT2D eigenvalue weighted by molar-refractivity contribution is -0.143. The highest BCUT2D eigenvalue weighted by molar-refractivity contribution is 5.80. The zero-order valence-electron chi connectivity index (χ0n) is 24.0. The monoisotopic (exact) mass is 574 g/mol. The van der Waals surface area contributed by atoms with Gasteiger partial charge in [-0.15, -0.1) is 0 Å². The van der Waals surface area contributed by atoms with E-state index in [1.165, 1.54) is 18.2 Å². The predicted octanol–water partition coefficient (Wildman–Crippen LogP) is 2.72. The summed E-state index contributed by atoms with van der Waals surface area (Å²) in [5.74, 6) is 0.667. The van der Waals surface area contributed by atoms with Crippen LogP contribution in [0.5, 0.6) is 5.75 Å². The van der Waals surface area contributed by atoms with Gasteiger partial charge in [-0.3, -0.25) is 4.79 Å². The first-order valence-electron chi connectivity index (χ1n) is 14.1. The third-order valence-corrected chi connectivity index (χ3v) is 7.62. The lowest BCUT2D eigenvalue weighted by atomic mass is 10.0. The molecule has 0 radical (unpaired) electrons. The van der Waals surface area contributed by atoms with Crippen molar-refractivity contribution in [2.45, 2.75) is 38.6 Å². The van der Waals surface area contributed by atoms with E-state index in [-0.39, 0.29) is 25.1 Å². The second-order valence-corrected chi connectivity index (χ2v) is 10.7. The van der Waals surface area contributed by atoms with Crippen LogP contribution in [0.2, 0.25) is 0 Å². The second kappa shape index (κ2) is 12.8. The predicted molar refractivity (Wildman–Crippen MR) is 155 cm³/mol. The Morgan fingerprint density at radius 2 is 1.90 bits per heavy atom. The van der Waals surface area contributed by atoms with Crippen molar-refractivity contribution in [3.8, 4) is 23.2 Å². The Hall–Kier alpha value is -4.18. The topological polar surface area (TPSA) is 122 Å². The number of alkyl halides is 1. The van der Waals surface area contributed by atoms with Gasteiger partial charge in [0.1, 0.15) is 30.4 Å². The van der Waals surface area contributed by atoms with E-state index < -0.39 is 24.3 Å². The fourth-order valence-corrected chi connectivity index (χ4v) is 5.23. The molecule has 3 heterocycles. The summed E-state index contributed by atoms with van der Waals surface area (Å²) >= 11 is 0. The maximum Gasteiger partial charge on any atom is 0.251 e. The molecule has 11 nitrogen and oxygen atoms in total. The van der Waals surface area contributed by atoms with Gasteiger partial charge in [-0.05, 0) is 50.7 Å². The molecule has 1 aromatic heterocycles. The van der Waals surface area contributed by atoms with Crippen LogP contribution in [0.3, 0.4) is 0 Å². The summed E-state index contributed by atoms with van der Waals surface area (Å²) in [6.45, 7) is 6.69. The lowest BCUT2D eigenvalue weighted by Gasteiger charge is -2.39. The second-order valence-electron chi connectivity index (χ2n) is 10.7. The number of ether oxygens (including phenoxy) is 1.